The molecule has 2 aromatic carbocycles. The van der Waals surface area contributed by atoms with Crippen molar-refractivity contribution in [2.75, 3.05) is 25.1 Å². The monoisotopic (exact) mass is 431 g/mol. The number of benzene rings is 2. The summed E-state index contributed by atoms with van der Waals surface area (Å²) in [5.74, 6) is 0.510. The third-order valence-corrected chi connectivity index (χ3v) is 5.94. The molecule has 1 unspecified atom stereocenters. The fourth-order valence-corrected chi connectivity index (χ4v) is 4.07. The fourth-order valence-electron chi connectivity index (χ4n) is 4.07. The lowest BCUT2D eigenvalue weighted by atomic mass is 10.0. The predicted molar refractivity (Wildman–Crippen MR) is 120 cm³/mol. The van der Waals surface area contributed by atoms with Crippen LogP contribution in [0.5, 0.6) is 5.75 Å². The molecule has 1 aliphatic carbocycles. The molecular formula is C24H25N5O3. The number of aromatic nitrogens is 2. The van der Waals surface area contributed by atoms with E-state index in [4.69, 9.17) is 4.74 Å². The molecule has 0 spiro atoms. The first-order valence-corrected chi connectivity index (χ1v) is 10.8. The summed E-state index contributed by atoms with van der Waals surface area (Å²) in [7, 11) is 1.59. The van der Waals surface area contributed by atoms with Gasteiger partial charge in [0, 0.05) is 36.6 Å². The summed E-state index contributed by atoms with van der Waals surface area (Å²) in [5, 5.41) is 9.85. The quantitative estimate of drug-likeness (QED) is 0.600. The van der Waals surface area contributed by atoms with E-state index in [0.717, 1.165) is 35.2 Å². The van der Waals surface area contributed by atoms with E-state index < -0.39 is 6.04 Å². The summed E-state index contributed by atoms with van der Waals surface area (Å²) >= 11 is 0. The number of H-pyrrole nitrogens is 1. The van der Waals surface area contributed by atoms with Gasteiger partial charge in [0.05, 0.1) is 13.3 Å². The second-order valence-corrected chi connectivity index (χ2v) is 8.12. The van der Waals surface area contributed by atoms with Crippen LogP contribution >= 0.6 is 0 Å². The van der Waals surface area contributed by atoms with Crippen LogP contribution in [0.1, 0.15) is 24.4 Å². The summed E-state index contributed by atoms with van der Waals surface area (Å²) in [6.45, 7) is 0.976. The molecule has 0 bridgehead atoms. The van der Waals surface area contributed by atoms with E-state index in [1.54, 1.807) is 23.1 Å². The second kappa shape index (κ2) is 8.37. The molecule has 3 amide bonds. The molecule has 1 saturated carbocycles. The lowest BCUT2D eigenvalue weighted by molar-refractivity contribution is -0.125. The van der Waals surface area contributed by atoms with E-state index in [1.165, 1.54) is 0 Å². The van der Waals surface area contributed by atoms with E-state index in [0.29, 0.717) is 18.8 Å². The van der Waals surface area contributed by atoms with Crippen molar-refractivity contribution in [2.24, 2.45) is 0 Å². The number of carbonyl (C=O) groups excluding carboxylic acids is 2. The molecule has 32 heavy (non-hydrogen) atoms. The van der Waals surface area contributed by atoms with E-state index >= 15 is 0 Å². The van der Waals surface area contributed by atoms with Gasteiger partial charge in [0.25, 0.3) is 0 Å². The summed E-state index contributed by atoms with van der Waals surface area (Å²) in [4.78, 5) is 30.0. The lowest BCUT2D eigenvalue weighted by Crippen LogP contribution is -2.43. The van der Waals surface area contributed by atoms with Gasteiger partial charge in [0.2, 0.25) is 5.91 Å². The van der Waals surface area contributed by atoms with E-state index in [9.17, 15) is 9.59 Å². The third-order valence-electron chi connectivity index (χ3n) is 5.94. The number of amides is 3. The minimum absolute atomic E-state index is 0.147. The molecule has 2 aliphatic rings. The number of hydrogen-bond acceptors (Lipinski definition) is 4. The summed E-state index contributed by atoms with van der Waals surface area (Å²) in [6, 6.07) is 14.5. The molecule has 1 aromatic heterocycles. The molecule has 1 atom stereocenters. The highest BCUT2D eigenvalue weighted by Crippen LogP contribution is 2.32. The predicted octanol–water partition coefficient (Wildman–Crippen LogP) is 3.35. The normalized spacial score (nSPS) is 16.8. The number of urea groups is 1. The van der Waals surface area contributed by atoms with Gasteiger partial charge in [-0.15, -0.1) is 0 Å². The zero-order valence-electron chi connectivity index (χ0n) is 17.8. The van der Waals surface area contributed by atoms with E-state index in [2.05, 4.69) is 15.5 Å². The van der Waals surface area contributed by atoms with Crippen molar-refractivity contribution in [3.05, 3.63) is 66.5 Å². The zero-order valence-corrected chi connectivity index (χ0v) is 17.8. The zero-order chi connectivity index (χ0) is 22.1. The van der Waals surface area contributed by atoms with Crippen LogP contribution in [-0.2, 0) is 4.79 Å². The van der Waals surface area contributed by atoms with Gasteiger partial charge in [0.1, 0.15) is 11.8 Å². The highest BCUT2D eigenvalue weighted by Gasteiger charge is 2.40. The van der Waals surface area contributed by atoms with Crippen LogP contribution in [0, 0.1) is 0 Å². The van der Waals surface area contributed by atoms with Gasteiger partial charge in [-0.2, -0.15) is 5.10 Å². The highest BCUT2D eigenvalue weighted by atomic mass is 16.5. The number of carbonyl (C=O) groups is 2. The van der Waals surface area contributed by atoms with Crippen molar-refractivity contribution in [1.82, 2.24) is 20.4 Å². The third kappa shape index (κ3) is 3.91. The molecule has 2 heterocycles. The van der Waals surface area contributed by atoms with Crippen LogP contribution in [-0.4, -0.2) is 53.3 Å². The Morgan fingerprint density at radius 2 is 1.97 bits per heavy atom. The van der Waals surface area contributed by atoms with Gasteiger partial charge < -0.3 is 15.0 Å². The standard InChI is InChI=1S/C24H25N5O3/c1-32-21-4-2-3-17(13-21)22(23(30)27-19-7-8-19)29-12-11-28(24(29)31)20-9-5-16(6-10-20)18-14-25-26-15-18/h2-6,9-10,13-15,19,22H,7-8,11-12H2,1H3,(H,25,26)(H,27,30). The van der Waals surface area contributed by atoms with Gasteiger partial charge in [-0.25, -0.2) is 4.79 Å². The lowest BCUT2D eigenvalue weighted by Gasteiger charge is -2.28. The molecule has 2 fully saturated rings. The largest absolute Gasteiger partial charge is 0.497 e. The fraction of sp³-hybridized carbons (Fsp3) is 0.292. The van der Waals surface area contributed by atoms with Gasteiger partial charge >= 0.3 is 6.03 Å². The molecule has 1 aliphatic heterocycles. The van der Waals surface area contributed by atoms with Crippen molar-refractivity contribution in [3.63, 3.8) is 0 Å². The topological polar surface area (TPSA) is 90.6 Å². The number of aromatic amines is 1. The Balaban J connectivity index is 1.40. The number of methoxy groups -OCH3 is 1. The maximum atomic E-state index is 13.4. The number of nitrogens with zero attached hydrogens (tertiary/aromatic N) is 3. The van der Waals surface area contributed by atoms with Crippen LogP contribution in [0.2, 0.25) is 0 Å². The molecule has 0 radical (unpaired) electrons. The minimum Gasteiger partial charge on any atom is -0.497 e. The molecule has 8 heteroatoms. The van der Waals surface area contributed by atoms with Crippen LogP contribution < -0.4 is 15.0 Å². The molecule has 8 nitrogen and oxygen atoms in total. The minimum atomic E-state index is -0.701. The Morgan fingerprint density at radius 1 is 1.16 bits per heavy atom. The van der Waals surface area contributed by atoms with Gasteiger partial charge in [-0.1, -0.05) is 24.3 Å². The summed E-state index contributed by atoms with van der Waals surface area (Å²) in [5.41, 5.74) is 3.55. The van der Waals surface area contributed by atoms with Crippen molar-refractivity contribution in [1.29, 1.82) is 0 Å². The Kier molecular flexibility index (Phi) is 5.26. The maximum Gasteiger partial charge on any atom is 0.325 e. The highest BCUT2D eigenvalue weighted by molar-refractivity contribution is 5.98. The van der Waals surface area contributed by atoms with Crippen molar-refractivity contribution in [2.45, 2.75) is 24.9 Å². The number of rotatable bonds is 7. The Labute approximate surface area is 186 Å². The van der Waals surface area contributed by atoms with Crippen LogP contribution in [0.4, 0.5) is 10.5 Å². The molecule has 3 aromatic rings. The molecular weight excluding hydrogens is 406 g/mol. The number of ether oxygens (including phenoxy) is 1. The first-order valence-electron chi connectivity index (χ1n) is 10.8. The van der Waals surface area contributed by atoms with Crippen molar-refractivity contribution >= 4 is 17.6 Å². The van der Waals surface area contributed by atoms with Crippen molar-refractivity contribution < 1.29 is 14.3 Å². The van der Waals surface area contributed by atoms with Crippen LogP contribution in [0.3, 0.4) is 0 Å². The number of nitrogens with one attached hydrogen (secondary N) is 2. The second-order valence-electron chi connectivity index (χ2n) is 8.12. The Morgan fingerprint density at radius 3 is 2.66 bits per heavy atom. The van der Waals surface area contributed by atoms with Gasteiger partial charge in [-0.3, -0.25) is 14.8 Å². The van der Waals surface area contributed by atoms with Crippen molar-refractivity contribution in [3.8, 4) is 16.9 Å². The first-order chi connectivity index (χ1) is 15.6. The Hall–Kier alpha value is -3.81. The van der Waals surface area contributed by atoms with Gasteiger partial charge in [-0.05, 0) is 48.2 Å². The molecule has 5 rings (SSSR count). The Bertz CT molecular complexity index is 1110. The number of anilines is 1. The summed E-state index contributed by atoms with van der Waals surface area (Å²) in [6.07, 6.45) is 5.56. The molecule has 164 valence electrons. The van der Waals surface area contributed by atoms with Gasteiger partial charge in [0.15, 0.2) is 0 Å². The van der Waals surface area contributed by atoms with E-state index in [-0.39, 0.29) is 18.0 Å². The number of hydrogen-bond donors (Lipinski definition) is 2. The average molecular weight is 431 g/mol. The molecule has 2 N–H and O–H groups in total. The maximum absolute atomic E-state index is 13.4. The van der Waals surface area contributed by atoms with Crippen LogP contribution in [0.15, 0.2) is 60.9 Å². The first kappa shape index (κ1) is 20.1. The van der Waals surface area contributed by atoms with E-state index in [1.807, 2.05) is 54.7 Å². The summed E-state index contributed by atoms with van der Waals surface area (Å²) < 4.78 is 5.35. The average Bonchev–Trinajstić information content (AvgIpc) is 3.31. The smallest absolute Gasteiger partial charge is 0.325 e. The van der Waals surface area contributed by atoms with Crippen LogP contribution in [0.25, 0.3) is 11.1 Å². The molecule has 1 saturated heterocycles. The SMILES string of the molecule is COc1cccc(C(C(=O)NC2CC2)N2CCN(c3ccc(-c4cn[nH]c4)cc3)C2=O)c1.